The molecule has 0 aliphatic heterocycles. The van der Waals surface area contributed by atoms with E-state index in [2.05, 4.69) is 4.74 Å². The molecule has 0 radical (unpaired) electrons. The van der Waals surface area contributed by atoms with Gasteiger partial charge >= 0.3 is 13.6 Å². The normalized spacial score (nSPS) is 12.4. The largest absolute Gasteiger partial charge is 0.466 e. The summed E-state index contributed by atoms with van der Waals surface area (Å²) in [6.07, 6.45) is 4.05. The minimum Gasteiger partial charge on any atom is -0.466 e. The van der Waals surface area contributed by atoms with E-state index in [0.717, 1.165) is 0 Å². The zero-order valence-corrected chi connectivity index (χ0v) is 10.6. The summed E-state index contributed by atoms with van der Waals surface area (Å²) in [6.45, 7) is 4.04. The minimum atomic E-state index is -3.17. The van der Waals surface area contributed by atoms with Crippen molar-refractivity contribution in [2.75, 3.05) is 20.3 Å². The lowest BCUT2D eigenvalue weighted by Crippen LogP contribution is -1.93. The summed E-state index contributed by atoms with van der Waals surface area (Å²) in [5, 5.41) is 0. The zero-order valence-electron chi connectivity index (χ0n) is 9.71. The maximum Gasteiger partial charge on any atom is 0.354 e. The Morgan fingerprint density at radius 3 is 2.19 bits per heavy atom. The highest BCUT2D eigenvalue weighted by Crippen LogP contribution is 2.49. The third-order valence-corrected chi connectivity index (χ3v) is 3.20. The molecular weight excluding hydrogens is 231 g/mol. The second-order valence-electron chi connectivity index (χ2n) is 2.60. The first-order valence-electron chi connectivity index (χ1n) is 4.90. The molecule has 5 nitrogen and oxygen atoms in total. The zero-order chi connectivity index (χ0) is 12.4. The lowest BCUT2D eigenvalue weighted by Gasteiger charge is -2.11. The van der Waals surface area contributed by atoms with E-state index < -0.39 is 13.6 Å². The first-order chi connectivity index (χ1) is 7.58. The van der Waals surface area contributed by atoms with Gasteiger partial charge in [0.05, 0.1) is 20.3 Å². The quantitative estimate of drug-likeness (QED) is 0.300. The van der Waals surface area contributed by atoms with Gasteiger partial charge in [0.2, 0.25) is 0 Å². The highest BCUT2D eigenvalue weighted by molar-refractivity contribution is 7.57. The average molecular weight is 248 g/mol. The van der Waals surface area contributed by atoms with Crippen LogP contribution >= 0.6 is 7.60 Å². The predicted molar refractivity (Wildman–Crippen MR) is 61.2 cm³/mol. The van der Waals surface area contributed by atoms with Crippen molar-refractivity contribution in [3.05, 3.63) is 24.0 Å². The Morgan fingerprint density at radius 1 is 1.19 bits per heavy atom. The van der Waals surface area contributed by atoms with Gasteiger partial charge in [0.1, 0.15) is 0 Å². The molecule has 0 aromatic carbocycles. The summed E-state index contributed by atoms with van der Waals surface area (Å²) in [5.41, 5.74) is 0. The van der Waals surface area contributed by atoms with E-state index in [1.54, 1.807) is 13.8 Å². The van der Waals surface area contributed by atoms with Crippen LogP contribution in [0.25, 0.3) is 0 Å². The van der Waals surface area contributed by atoms with E-state index >= 15 is 0 Å². The number of carbonyl (C=O) groups is 1. The van der Waals surface area contributed by atoms with Crippen LogP contribution in [-0.2, 0) is 23.1 Å². The predicted octanol–water partition coefficient (Wildman–Crippen LogP) is 2.50. The first kappa shape index (κ1) is 15.1. The van der Waals surface area contributed by atoms with Gasteiger partial charge in [-0.1, -0.05) is 12.2 Å². The van der Waals surface area contributed by atoms with E-state index in [0.29, 0.717) is 13.2 Å². The Morgan fingerprint density at radius 2 is 1.75 bits per heavy atom. The molecule has 92 valence electrons. The molecule has 0 bridgehead atoms. The second kappa shape index (κ2) is 8.28. The van der Waals surface area contributed by atoms with Gasteiger partial charge in [0.15, 0.2) is 0 Å². The number of esters is 1. The topological polar surface area (TPSA) is 61.8 Å². The van der Waals surface area contributed by atoms with Gasteiger partial charge in [0, 0.05) is 11.9 Å². The third-order valence-electron chi connectivity index (χ3n) is 1.43. The van der Waals surface area contributed by atoms with Crippen LogP contribution in [0.4, 0.5) is 0 Å². The van der Waals surface area contributed by atoms with Crippen LogP contribution in [0.1, 0.15) is 13.8 Å². The average Bonchev–Trinajstić information content (AvgIpc) is 2.25. The fourth-order valence-electron chi connectivity index (χ4n) is 0.840. The molecule has 0 unspecified atom stereocenters. The van der Waals surface area contributed by atoms with Gasteiger partial charge in [0.25, 0.3) is 0 Å². The molecule has 0 rings (SSSR count). The van der Waals surface area contributed by atoms with Crippen molar-refractivity contribution in [3.63, 3.8) is 0 Å². The lowest BCUT2D eigenvalue weighted by molar-refractivity contribution is -0.134. The molecular formula is C10H17O5P. The van der Waals surface area contributed by atoms with Crippen molar-refractivity contribution in [3.8, 4) is 0 Å². The molecule has 0 heterocycles. The minimum absolute atomic E-state index is 0.294. The maximum atomic E-state index is 11.8. The highest BCUT2D eigenvalue weighted by Gasteiger charge is 2.17. The Balaban J connectivity index is 4.40. The number of rotatable bonds is 7. The number of carbonyl (C=O) groups excluding carboxylic acids is 1. The molecule has 0 amide bonds. The molecule has 0 saturated heterocycles. The Kier molecular flexibility index (Phi) is 7.81. The summed E-state index contributed by atoms with van der Waals surface area (Å²) < 4.78 is 26.2. The standard InChI is InChI=1S/C10H17O5P/c1-4-14-16(12,15-5-2)9-7-6-8-10(11)13-3/h6-9H,4-5H2,1-3H3/b8-6+,9-7+. The van der Waals surface area contributed by atoms with Gasteiger partial charge in [-0.25, -0.2) is 4.79 Å². The molecule has 0 aliphatic carbocycles. The number of hydrogen-bond donors (Lipinski definition) is 0. The lowest BCUT2D eigenvalue weighted by atomic mass is 10.5. The summed E-state index contributed by atoms with van der Waals surface area (Å²) in [4.78, 5) is 10.7. The van der Waals surface area contributed by atoms with Crippen molar-refractivity contribution in [2.24, 2.45) is 0 Å². The van der Waals surface area contributed by atoms with E-state index in [1.807, 2.05) is 0 Å². The number of allylic oxidation sites excluding steroid dienone is 2. The van der Waals surface area contributed by atoms with Crippen LogP contribution in [0.5, 0.6) is 0 Å². The van der Waals surface area contributed by atoms with Crippen molar-refractivity contribution < 1.29 is 23.1 Å². The van der Waals surface area contributed by atoms with Crippen molar-refractivity contribution in [2.45, 2.75) is 13.8 Å². The molecule has 0 aromatic heterocycles. The molecule has 0 N–H and O–H groups in total. The van der Waals surface area contributed by atoms with Gasteiger partial charge in [-0.15, -0.1) is 0 Å². The monoisotopic (exact) mass is 248 g/mol. The van der Waals surface area contributed by atoms with Crippen LogP contribution in [0.2, 0.25) is 0 Å². The van der Waals surface area contributed by atoms with Crippen LogP contribution in [0.15, 0.2) is 24.0 Å². The molecule has 6 heteroatoms. The Labute approximate surface area is 95.6 Å². The number of methoxy groups -OCH3 is 1. The molecule has 16 heavy (non-hydrogen) atoms. The van der Waals surface area contributed by atoms with Crippen LogP contribution in [-0.4, -0.2) is 26.3 Å². The van der Waals surface area contributed by atoms with Gasteiger partial charge in [-0.3, -0.25) is 4.57 Å². The van der Waals surface area contributed by atoms with Crippen LogP contribution in [0, 0.1) is 0 Å². The SMILES string of the molecule is CCOP(=O)(/C=C/C=C/C(=O)OC)OCC. The Bertz CT molecular complexity index is 298. The molecule has 0 aliphatic rings. The summed E-state index contributed by atoms with van der Waals surface area (Å²) >= 11 is 0. The van der Waals surface area contributed by atoms with E-state index in [-0.39, 0.29) is 0 Å². The molecule has 0 atom stereocenters. The molecule has 0 spiro atoms. The van der Waals surface area contributed by atoms with E-state index in [9.17, 15) is 9.36 Å². The fourth-order valence-corrected chi connectivity index (χ4v) is 2.12. The van der Waals surface area contributed by atoms with E-state index in [4.69, 9.17) is 9.05 Å². The summed E-state index contributed by atoms with van der Waals surface area (Å²) in [6, 6.07) is 0. The van der Waals surface area contributed by atoms with Crippen molar-refractivity contribution in [1.82, 2.24) is 0 Å². The van der Waals surface area contributed by atoms with Crippen LogP contribution in [0.3, 0.4) is 0 Å². The first-order valence-corrected chi connectivity index (χ1v) is 6.51. The van der Waals surface area contributed by atoms with E-state index in [1.165, 1.54) is 31.2 Å². The maximum absolute atomic E-state index is 11.8. The Hall–Kier alpha value is -0.900. The number of ether oxygens (including phenoxy) is 1. The molecule has 0 aromatic rings. The summed E-state index contributed by atoms with van der Waals surface area (Å²) in [7, 11) is -1.89. The van der Waals surface area contributed by atoms with Gasteiger partial charge in [-0.2, -0.15) is 0 Å². The van der Waals surface area contributed by atoms with Crippen molar-refractivity contribution >= 4 is 13.6 Å². The fraction of sp³-hybridized carbons (Fsp3) is 0.500. The van der Waals surface area contributed by atoms with Crippen molar-refractivity contribution in [1.29, 1.82) is 0 Å². The van der Waals surface area contributed by atoms with Gasteiger partial charge < -0.3 is 13.8 Å². The third kappa shape index (κ3) is 6.56. The van der Waals surface area contributed by atoms with Crippen LogP contribution < -0.4 is 0 Å². The smallest absolute Gasteiger partial charge is 0.354 e. The van der Waals surface area contributed by atoms with Gasteiger partial charge in [-0.05, 0) is 13.8 Å². The second-order valence-corrected chi connectivity index (χ2v) is 4.49. The molecule has 0 saturated carbocycles. The highest BCUT2D eigenvalue weighted by atomic mass is 31.2. The summed E-state index contributed by atoms with van der Waals surface area (Å²) in [5.74, 6) is 0.826. The molecule has 0 fully saturated rings. The number of hydrogen-bond acceptors (Lipinski definition) is 5.